The molecular formula is C14H14Cl3NOS. The van der Waals surface area contributed by atoms with Crippen molar-refractivity contribution in [3.63, 3.8) is 0 Å². The van der Waals surface area contributed by atoms with Crippen LogP contribution in [0.3, 0.4) is 0 Å². The van der Waals surface area contributed by atoms with Gasteiger partial charge in [-0.15, -0.1) is 11.3 Å². The van der Waals surface area contributed by atoms with Crippen LogP contribution in [0.4, 0.5) is 0 Å². The molecule has 2 atom stereocenters. The first-order valence-corrected chi connectivity index (χ1v) is 8.09. The molecule has 0 spiro atoms. The van der Waals surface area contributed by atoms with Gasteiger partial charge in [-0.2, -0.15) is 0 Å². The van der Waals surface area contributed by atoms with E-state index >= 15 is 0 Å². The predicted octanol–water partition coefficient (Wildman–Crippen LogP) is 5.57. The van der Waals surface area contributed by atoms with Crippen molar-refractivity contribution >= 4 is 46.1 Å². The third-order valence-corrected chi connectivity index (χ3v) is 5.00. The largest absolute Gasteiger partial charge is 0.482 e. The van der Waals surface area contributed by atoms with E-state index in [1.54, 1.807) is 18.2 Å². The summed E-state index contributed by atoms with van der Waals surface area (Å²) in [5.41, 5.74) is 6.16. The summed E-state index contributed by atoms with van der Waals surface area (Å²) in [5.74, 6) is 0.526. The summed E-state index contributed by atoms with van der Waals surface area (Å²) < 4.78 is 6.69. The summed E-state index contributed by atoms with van der Waals surface area (Å²) in [7, 11) is 0. The molecule has 1 aromatic heterocycles. The van der Waals surface area contributed by atoms with Crippen molar-refractivity contribution in [1.29, 1.82) is 0 Å². The summed E-state index contributed by atoms with van der Waals surface area (Å²) in [6.45, 7) is 2.01. The lowest BCUT2D eigenvalue weighted by molar-refractivity contribution is 0.175. The average Bonchev–Trinajstić information content (AvgIpc) is 2.86. The van der Waals surface area contributed by atoms with E-state index in [1.807, 2.05) is 19.1 Å². The zero-order valence-electron chi connectivity index (χ0n) is 10.8. The number of halogens is 3. The lowest BCUT2D eigenvalue weighted by Crippen LogP contribution is -2.31. The Labute approximate surface area is 137 Å². The fourth-order valence-electron chi connectivity index (χ4n) is 1.76. The summed E-state index contributed by atoms with van der Waals surface area (Å²) >= 11 is 19.6. The maximum Gasteiger partial charge on any atom is 0.148 e. The summed E-state index contributed by atoms with van der Waals surface area (Å²) in [6.07, 6.45) is 0.478. The minimum atomic E-state index is -0.298. The van der Waals surface area contributed by atoms with E-state index in [1.165, 1.54) is 11.3 Å². The number of ether oxygens (including phenoxy) is 1. The minimum Gasteiger partial charge on any atom is -0.482 e. The van der Waals surface area contributed by atoms with Crippen molar-refractivity contribution in [3.05, 3.63) is 49.6 Å². The minimum absolute atomic E-state index is 0.153. The molecule has 1 aromatic carbocycles. The van der Waals surface area contributed by atoms with Crippen molar-refractivity contribution in [2.75, 3.05) is 0 Å². The van der Waals surface area contributed by atoms with Gasteiger partial charge in [-0.25, -0.2) is 0 Å². The van der Waals surface area contributed by atoms with E-state index in [2.05, 4.69) is 0 Å². The van der Waals surface area contributed by atoms with E-state index in [9.17, 15) is 0 Å². The van der Waals surface area contributed by atoms with Gasteiger partial charge in [0, 0.05) is 10.9 Å². The lowest BCUT2D eigenvalue weighted by Gasteiger charge is -2.24. The van der Waals surface area contributed by atoms with Crippen LogP contribution in [0, 0.1) is 0 Å². The number of hydrogen-bond acceptors (Lipinski definition) is 3. The Morgan fingerprint density at radius 2 is 1.95 bits per heavy atom. The van der Waals surface area contributed by atoms with Gasteiger partial charge in [0.1, 0.15) is 16.9 Å². The molecule has 2 rings (SSSR count). The molecule has 0 aliphatic carbocycles. The standard InChI is InChI=1S/C14H14Cl3NOS/c1-2-9(18)14(11-6-7-12(16)20-11)19-10-5-3-4-8(15)13(10)17/h3-7,9,14H,2,18H2,1H3. The van der Waals surface area contributed by atoms with Crippen LogP contribution in [0.5, 0.6) is 5.75 Å². The first kappa shape index (κ1) is 15.9. The molecule has 0 bridgehead atoms. The maximum absolute atomic E-state index is 6.16. The highest BCUT2D eigenvalue weighted by Gasteiger charge is 2.23. The number of hydrogen-bond donors (Lipinski definition) is 1. The van der Waals surface area contributed by atoms with Crippen LogP contribution < -0.4 is 10.5 Å². The molecule has 0 saturated heterocycles. The summed E-state index contributed by atoms with van der Waals surface area (Å²) in [6, 6.07) is 8.89. The Balaban J connectivity index is 2.31. The van der Waals surface area contributed by atoms with Gasteiger partial charge in [0.05, 0.1) is 9.36 Å². The maximum atomic E-state index is 6.16. The van der Waals surface area contributed by atoms with Gasteiger partial charge in [-0.05, 0) is 30.7 Å². The number of rotatable bonds is 5. The highest BCUT2D eigenvalue weighted by molar-refractivity contribution is 7.16. The van der Waals surface area contributed by atoms with Crippen LogP contribution in [-0.2, 0) is 0 Å². The molecule has 2 aromatic rings. The predicted molar refractivity (Wildman–Crippen MR) is 87.4 cm³/mol. The van der Waals surface area contributed by atoms with Crippen molar-refractivity contribution in [2.45, 2.75) is 25.5 Å². The van der Waals surface area contributed by atoms with Gasteiger partial charge in [-0.3, -0.25) is 0 Å². The third-order valence-electron chi connectivity index (χ3n) is 2.90. The first-order valence-electron chi connectivity index (χ1n) is 6.14. The van der Waals surface area contributed by atoms with Gasteiger partial charge in [-0.1, -0.05) is 47.8 Å². The molecule has 6 heteroatoms. The Morgan fingerprint density at radius 1 is 1.20 bits per heavy atom. The molecular weight excluding hydrogens is 337 g/mol. The average molecular weight is 351 g/mol. The molecule has 0 aliphatic rings. The van der Waals surface area contributed by atoms with Crippen molar-refractivity contribution in [1.82, 2.24) is 0 Å². The lowest BCUT2D eigenvalue weighted by atomic mass is 10.1. The Bertz CT molecular complexity index is 588. The monoisotopic (exact) mass is 349 g/mol. The Kier molecular flexibility index (Phi) is 5.58. The molecule has 0 fully saturated rings. The SMILES string of the molecule is CCC(N)C(Oc1cccc(Cl)c1Cl)c1ccc(Cl)s1. The van der Waals surface area contributed by atoms with Crippen molar-refractivity contribution < 1.29 is 4.74 Å². The number of benzene rings is 1. The van der Waals surface area contributed by atoms with E-state index in [0.29, 0.717) is 20.1 Å². The second-order valence-corrected chi connectivity index (χ2v) is 6.84. The highest BCUT2D eigenvalue weighted by atomic mass is 35.5. The van der Waals surface area contributed by atoms with E-state index in [4.69, 9.17) is 45.3 Å². The van der Waals surface area contributed by atoms with Gasteiger partial charge in [0.15, 0.2) is 0 Å². The van der Waals surface area contributed by atoms with Crippen LogP contribution in [-0.4, -0.2) is 6.04 Å². The Morgan fingerprint density at radius 3 is 2.55 bits per heavy atom. The fourth-order valence-corrected chi connectivity index (χ4v) is 3.27. The Hall–Kier alpha value is -0.450. The molecule has 0 radical (unpaired) electrons. The van der Waals surface area contributed by atoms with Gasteiger partial charge >= 0.3 is 0 Å². The summed E-state index contributed by atoms with van der Waals surface area (Å²) in [4.78, 5) is 0.973. The molecule has 0 aliphatic heterocycles. The molecule has 2 nitrogen and oxygen atoms in total. The van der Waals surface area contributed by atoms with Crippen molar-refractivity contribution in [2.24, 2.45) is 5.73 Å². The van der Waals surface area contributed by atoms with Crippen molar-refractivity contribution in [3.8, 4) is 5.75 Å². The quantitative estimate of drug-likeness (QED) is 0.765. The second kappa shape index (κ2) is 7.01. The van der Waals surface area contributed by atoms with Crippen LogP contribution in [0.25, 0.3) is 0 Å². The van der Waals surface area contributed by atoms with Crippen LogP contribution in [0.15, 0.2) is 30.3 Å². The molecule has 20 heavy (non-hydrogen) atoms. The third kappa shape index (κ3) is 3.60. The highest BCUT2D eigenvalue weighted by Crippen LogP contribution is 2.37. The van der Waals surface area contributed by atoms with Crippen LogP contribution in [0.2, 0.25) is 14.4 Å². The molecule has 1 heterocycles. The summed E-state index contributed by atoms with van der Waals surface area (Å²) in [5, 5.41) is 0.849. The second-order valence-electron chi connectivity index (χ2n) is 4.30. The van der Waals surface area contributed by atoms with E-state index in [-0.39, 0.29) is 12.1 Å². The van der Waals surface area contributed by atoms with E-state index in [0.717, 1.165) is 11.3 Å². The molecule has 0 saturated carbocycles. The normalized spacial score (nSPS) is 14.1. The topological polar surface area (TPSA) is 35.2 Å². The fraction of sp³-hybridized carbons (Fsp3) is 0.286. The molecule has 2 N–H and O–H groups in total. The number of nitrogens with two attached hydrogens (primary N) is 1. The van der Waals surface area contributed by atoms with E-state index < -0.39 is 0 Å². The van der Waals surface area contributed by atoms with Gasteiger partial charge in [0.25, 0.3) is 0 Å². The van der Waals surface area contributed by atoms with Gasteiger partial charge in [0.2, 0.25) is 0 Å². The van der Waals surface area contributed by atoms with Crippen LogP contribution in [0.1, 0.15) is 24.3 Å². The van der Waals surface area contributed by atoms with Crippen LogP contribution >= 0.6 is 46.1 Å². The van der Waals surface area contributed by atoms with Gasteiger partial charge < -0.3 is 10.5 Å². The zero-order valence-corrected chi connectivity index (χ0v) is 13.9. The number of thiophene rings is 1. The zero-order chi connectivity index (χ0) is 14.7. The molecule has 0 amide bonds. The first-order chi connectivity index (χ1) is 9.52. The molecule has 108 valence electrons. The molecule has 2 unspecified atom stereocenters. The smallest absolute Gasteiger partial charge is 0.148 e.